The lowest BCUT2D eigenvalue weighted by atomic mass is 9.89. The van der Waals surface area contributed by atoms with Gasteiger partial charge in [-0.15, -0.1) is 0 Å². The Labute approximate surface area is 176 Å². The third-order valence-electron chi connectivity index (χ3n) is 4.98. The van der Waals surface area contributed by atoms with Crippen molar-refractivity contribution in [2.75, 3.05) is 14.1 Å². The molecule has 0 aromatic rings. The fourth-order valence-electron chi connectivity index (χ4n) is 2.14. The molecule has 0 heterocycles. The molecule has 0 amide bonds. The summed E-state index contributed by atoms with van der Waals surface area (Å²) < 4.78 is 228. The maximum Gasteiger partial charge on any atom is 0.384 e. The minimum atomic E-state index is -8.34. The first kappa shape index (κ1) is 32.0. The van der Waals surface area contributed by atoms with Crippen LogP contribution in [-0.2, 0) is 0 Å². The Hall–Kier alpha value is -1.01. The highest BCUT2D eigenvalue weighted by Crippen LogP contribution is 2.62. The first-order chi connectivity index (χ1) is 14.1. The topological polar surface area (TPSA) is 3.24 Å². The zero-order chi connectivity index (χ0) is 27.4. The Balaban J connectivity index is 6.70. The van der Waals surface area contributed by atoms with E-state index in [-0.39, 0.29) is 0 Å². The summed E-state index contributed by atoms with van der Waals surface area (Å²) in [6.07, 6.45) is -15.6. The van der Waals surface area contributed by atoms with E-state index in [2.05, 4.69) is 0 Å². The van der Waals surface area contributed by atoms with Gasteiger partial charge in [-0.25, -0.2) is 22.0 Å². The predicted molar refractivity (Wildman–Crippen MR) is 81.5 cm³/mol. The number of rotatable bonds is 11. The minimum absolute atomic E-state index is 0.500. The van der Waals surface area contributed by atoms with E-state index >= 15 is 0 Å². The summed E-state index contributed by atoms with van der Waals surface area (Å²) in [5.41, 5.74) is 0. The number of hydrogen-bond donors (Lipinski definition) is 0. The lowest BCUT2D eigenvalue weighted by Gasteiger charge is -2.44. The predicted octanol–water partition coefficient (Wildman–Crippen LogP) is 6.38. The van der Waals surface area contributed by atoms with Gasteiger partial charge in [0.15, 0.2) is 20.2 Å². The van der Waals surface area contributed by atoms with Crippen molar-refractivity contribution in [3.63, 3.8) is 0 Å². The molecule has 1 nitrogen and oxygen atoms in total. The summed E-state index contributed by atoms with van der Waals surface area (Å²) >= 11 is 0. The Kier molecular flexibility index (Phi) is 8.62. The molecule has 0 bridgehead atoms. The Morgan fingerprint density at radius 2 is 0.848 bits per heavy atom. The van der Waals surface area contributed by atoms with E-state index in [1.165, 1.54) is 0 Å². The SMILES string of the molecule is CN(C)[Si](C)(C)C(F)C(F)(F)C(F)(F)C(F)(F)C(F)(F)C(F)(F)C(F)(F)C(F)C(F)C(F)F. The first-order valence-electron chi connectivity index (χ1n) is 8.26. The van der Waals surface area contributed by atoms with Gasteiger partial charge in [-0.1, -0.05) is 13.1 Å². The van der Waals surface area contributed by atoms with Crippen molar-refractivity contribution in [3.05, 3.63) is 0 Å². The molecule has 0 spiro atoms. The maximum atomic E-state index is 14.2. The van der Waals surface area contributed by atoms with Crippen LogP contribution in [0.15, 0.2) is 0 Å². The lowest BCUT2D eigenvalue weighted by Crippen LogP contribution is -2.75. The van der Waals surface area contributed by atoms with E-state index in [1.54, 1.807) is 0 Å². The van der Waals surface area contributed by atoms with Crippen LogP contribution in [0.25, 0.3) is 0 Å². The van der Waals surface area contributed by atoms with Crippen molar-refractivity contribution < 1.29 is 74.6 Å². The van der Waals surface area contributed by atoms with Gasteiger partial charge in [-0.2, -0.15) is 52.7 Å². The molecule has 0 saturated heterocycles. The van der Waals surface area contributed by atoms with Crippen molar-refractivity contribution in [2.24, 2.45) is 0 Å². The van der Waals surface area contributed by atoms with Gasteiger partial charge in [0.2, 0.25) is 6.17 Å². The van der Waals surface area contributed by atoms with Crippen molar-refractivity contribution in [1.29, 1.82) is 0 Å². The third kappa shape index (κ3) is 4.51. The standard InChI is InChI=1S/C14H16F17NSi/c1-32(2)33(3,4)8(19)10(22,23)12(26,27)14(30,31)13(28,29)11(24,25)9(20,21)6(16)5(15)7(17)18/h5-8H,1-4H3. The molecule has 0 rings (SSSR count). The molecule has 19 heteroatoms. The van der Waals surface area contributed by atoms with Crippen molar-refractivity contribution in [2.45, 2.75) is 73.2 Å². The molecule has 3 unspecified atom stereocenters. The van der Waals surface area contributed by atoms with E-state index in [0.717, 1.165) is 14.1 Å². The van der Waals surface area contributed by atoms with E-state index < -0.39 is 68.3 Å². The van der Waals surface area contributed by atoms with Crippen LogP contribution in [0.5, 0.6) is 0 Å². The largest absolute Gasteiger partial charge is 0.384 e. The number of alkyl halides is 17. The third-order valence-corrected chi connectivity index (χ3v) is 8.89. The number of halogens is 17. The van der Waals surface area contributed by atoms with Crippen LogP contribution in [0.4, 0.5) is 74.6 Å². The minimum Gasteiger partial charge on any atom is -0.327 e. The second-order valence-corrected chi connectivity index (χ2v) is 12.3. The Morgan fingerprint density at radius 1 is 0.545 bits per heavy atom. The molecule has 33 heavy (non-hydrogen) atoms. The number of nitrogens with zero attached hydrogens (tertiary/aromatic N) is 1. The molecule has 0 fully saturated rings. The lowest BCUT2D eigenvalue weighted by molar-refractivity contribution is -0.432. The van der Waals surface area contributed by atoms with Crippen molar-refractivity contribution >= 4 is 8.24 Å². The molecule has 0 aliphatic heterocycles. The summed E-state index contributed by atoms with van der Waals surface area (Å²) in [5, 5.41) is 0. The highest BCUT2D eigenvalue weighted by molar-refractivity contribution is 6.76. The van der Waals surface area contributed by atoms with Crippen molar-refractivity contribution in [1.82, 2.24) is 4.57 Å². The van der Waals surface area contributed by atoms with E-state index in [0.29, 0.717) is 17.7 Å². The summed E-state index contributed by atoms with van der Waals surface area (Å²) in [5.74, 6) is -51.4. The quantitative estimate of drug-likeness (QED) is 0.214. The summed E-state index contributed by atoms with van der Waals surface area (Å²) in [7, 11) is -3.00. The Bertz CT molecular complexity index is 677. The molecule has 0 aliphatic rings. The molecule has 0 radical (unpaired) electrons. The number of hydrogen-bond acceptors (Lipinski definition) is 1. The van der Waals surface area contributed by atoms with E-state index in [1.807, 2.05) is 0 Å². The fourth-order valence-corrected chi connectivity index (χ4v) is 3.67. The molecule has 3 atom stereocenters. The van der Waals surface area contributed by atoms with Crippen LogP contribution in [0, 0.1) is 0 Å². The van der Waals surface area contributed by atoms with Gasteiger partial charge in [0.25, 0.3) is 6.43 Å². The summed E-state index contributed by atoms with van der Waals surface area (Å²) in [6, 6.07) is 0. The van der Waals surface area contributed by atoms with Crippen LogP contribution in [-0.4, -0.2) is 87.0 Å². The van der Waals surface area contributed by atoms with E-state index in [9.17, 15) is 74.6 Å². The maximum absolute atomic E-state index is 14.2. The zero-order valence-corrected chi connectivity index (χ0v) is 17.7. The Morgan fingerprint density at radius 3 is 1.12 bits per heavy atom. The van der Waals surface area contributed by atoms with Crippen LogP contribution >= 0.6 is 0 Å². The molecule has 0 N–H and O–H groups in total. The molecule has 0 aromatic carbocycles. The smallest absolute Gasteiger partial charge is 0.327 e. The van der Waals surface area contributed by atoms with Gasteiger partial charge in [-0.3, -0.25) is 0 Å². The van der Waals surface area contributed by atoms with Crippen LogP contribution in [0.1, 0.15) is 0 Å². The molecule has 200 valence electrons. The summed E-state index contributed by atoms with van der Waals surface area (Å²) in [4.78, 5) is 0. The molecule has 0 saturated carbocycles. The fraction of sp³-hybridized carbons (Fsp3) is 1.00. The normalized spacial score (nSPS) is 18.6. The van der Waals surface area contributed by atoms with E-state index in [4.69, 9.17) is 0 Å². The van der Waals surface area contributed by atoms with Gasteiger partial charge in [0.1, 0.15) is 0 Å². The van der Waals surface area contributed by atoms with Gasteiger partial charge >= 0.3 is 35.5 Å². The van der Waals surface area contributed by atoms with Gasteiger partial charge in [0, 0.05) is 0 Å². The average molecular weight is 549 g/mol. The monoisotopic (exact) mass is 549 g/mol. The zero-order valence-electron chi connectivity index (χ0n) is 16.7. The van der Waals surface area contributed by atoms with Gasteiger partial charge in [0.05, 0.1) is 0 Å². The second kappa shape index (κ2) is 8.89. The van der Waals surface area contributed by atoms with Crippen LogP contribution in [0.2, 0.25) is 13.1 Å². The molecular formula is C14H16F17NSi. The second-order valence-electron chi connectivity index (χ2n) is 7.63. The van der Waals surface area contributed by atoms with Gasteiger partial charge in [-0.05, 0) is 14.1 Å². The first-order valence-corrected chi connectivity index (χ1v) is 11.3. The highest BCUT2D eigenvalue weighted by Gasteiger charge is 2.92. The van der Waals surface area contributed by atoms with Crippen LogP contribution in [0.3, 0.4) is 0 Å². The van der Waals surface area contributed by atoms with Crippen molar-refractivity contribution in [3.8, 4) is 0 Å². The molecular weight excluding hydrogens is 533 g/mol. The summed E-state index contributed by atoms with van der Waals surface area (Å²) in [6.45, 7) is 1.00. The molecule has 0 aliphatic carbocycles. The van der Waals surface area contributed by atoms with Gasteiger partial charge < -0.3 is 4.57 Å². The van der Waals surface area contributed by atoms with Crippen LogP contribution < -0.4 is 0 Å². The molecule has 0 aromatic heterocycles. The average Bonchev–Trinajstić information content (AvgIpc) is 2.64. The highest BCUT2D eigenvalue weighted by atomic mass is 28.3.